The summed E-state index contributed by atoms with van der Waals surface area (Å²) in [5.74, 6) is 1.18. The fraction of sp³-hybridized carbons (Fsp3) is 0.333. The van der Waals surface area contributed by atoms with Crippen LogP contribution in [0.25, 0.3) is 16.9 Å². The lowest BCUT2D eigenvalue weighted by Gasteiger charge is -2.12. The summed E-state index contributed by atoms with van der Waals surface area (Å²) in [7, 11) is 7.21. The summed E-state index contributed by atoms with van der Waals surface area (Å²) in [5, 5.41) is 7.75. The lowest BCUT2D eigenvalue weighted by molar-refractivity contribution is 0.0945. The zero-order valence-corrected chi connectivity index (χ0v) is 18.7. The van der Waals surface area contributed by atoms with Gasteiger partial charge in [-0.15, -0.1) is 0 Å². The minimum absolute atomic E-state index is 0.157. The van der Waals surface area contributed by atoms with Crippen molar-refractivity contribution in [2.75, 3.05) is 41.4 Å². The molecule has 0 bridgehead atoms. The standard InChI is InChI=1S/C24H28N4O3/c1-15-6-8-17(9-7-15)28-23-18-14-21(31-5)20(30-4)13-16(18)12-19(23)22(26-28)24(29)25-10-11-27(2)3/h6-9,13-14H,10-12H2,1-5H3,(H,25,29). The predicted molar refractivity (Wildman–Crippen MR) is 121 cm³/mol. The number of aromatic nitrogens is 2. The van der Waals surface area contributed by atoms with Crippen molar-refractivity contribution in [1.82, 2.24) is 20.0 Å². The lowest BCUT2D eigenvalue weighted by atomic mass is 10.1. The normalized spacial score (nSPS) is 11.9. The SMILES string of the molecule is COc1cc2c(cc1OC)-c1c(c(C(=O)NCCN(C)C)nn1-c1ccc(C)cc1)C2. The van der Waals surface area contributed by atoms with Crippen LogP contribution in [0.4, 0.5) is 0 Å². The Labute approximate surface area is 182 Å². The Balaban J connectivity index is 1.82. The number of carbonyl (C=O) groups excluding carboxylic acids is 1. The quantitative estimate of drug-likeness (QED) is 0.498. The molecule has 3 aromatic rings. The minimum atomic E-state index is -0.157. The molecule has 1 aromatic heterocycles. The van der Waals surface area contributed by atoms with E-state index in [2.05, 4.69) is 5.32 Å². The number of carbonyl (C=O) groups is 1. The lowest BCUT2D eigenvalue weighted by Crippen LogP contribution is -2.32. The first-order valence-corrected chi connectivity index (χ1v) is 10.3. The zero-order chi connectivity index (χ0) is 22.1. The molecule has 0 radical (unpaired) electrons. The topological polar surface area (TPSA) is 68.6 Å². The minimum Gasteiger partial charge on any atom is -0.493 e. The summed E-state index contributed by atoms with van der Waals surface area (Å²) in [6.45, 7) is 3.38. The summed E-state index contributed by atoms with van der Waals surface area (Å²) in [4.78, 5) is 15.1. The van der Waals surface area contributed by atoms with Crippen LogP contribution in [0.2, 0.25) is 0 Å². The summed E-state index contributed by atoms with van der Waals surface area (Å²) in [5.41, 5.74) is 6.49. The van der Waals surface area contributed by atoms with Crippen molar-refractivity contribution < 1.29 is 14.3 Å². The molecule has 7 heteroatoms. The average molecular weight is 421 g/mol. The van der Waals surface area contributed by atoms with Crippen LogP contribution < -0.4 is 14.8 Å². The van der Waals surface area contributed by atoms with E-state index in [9.17, 15) is 4.79 Å². The number of methoxy groups -OCH3 is 2. The Kier molecular flexibility index (Phi) is 5.69. The van der Waals surface area contributed by atoms with E-state index in [0.29, 0.717) is 30.2 Å². The van der Waals surface area contributed by atoms with Gasteiger partial charge in [0.2, 0.25) is 0 Å². The number of nitrogens with zero attached hydrogens (tertiary/aromatic N) is 3. The Morgan fingerprint density at radius 2 is 1.81 bits per heavy atom. The van der Waals surface area contributed by atoms with E-state index in [-0.39, 0.29) is 5.91 Å². The molecule has 1 amide bonds. The van der Waals surface area contributed by atoms with Crippen LogP contribution in [0, 0.1) is 6.92 Å². The molecule has 0 aliphatic heterocycles. The van der Waals surface area contributed by atoms with Gasteiger partial charge < -0.3 is 19.7 Å². The number of amides is 1. The zero-order valence-electron chi connectivity index (χ0n) is 18.7. The molecule has 162 valence electrons. The highest BCUT2D eigenvalue weighted by atomic mass is 16.5. The monoisotopic (exact) mass is 420 g/mol. The van der Waals surface area contributed by atoms with E-state index in [4.69, 9.17) is 14.6 Å². The van der Waals surface area contributed by atoms with Gasteiger partial charge in [0.05, 0.1) is 25.6 Å². The molecular formula is C24H28N4O3. The molecule has 0 saturated heterocycles. The molecule has 7 nitrogen and oxygen atoms in total. The average Bonchev–Trinajstić information content (AvgIpc) is 3.29. The van der Waals surface area contributed by atoms with Crippen LogP contribution in [0.5, 0.6) is 11.5 Å². The highest BCUT2D eigenvalue weighted by molar-refractivity contribution is 5.97. The number of rotatable bonds is 7. The van der Waals surface area contributed by atoms with Crippen molar-refractivity contribution in [3.05, 3.63) is 58.8 Å². The first kappa shape index (κ1) is 20.9. The van der Waals surface area contributed by atoms with E-state index >= 15 is 0 Å². The number of fused-ring (bicyclic) bond motifs is 3. The number of benzene rings is 2. The second kappa shape index (κ2) is 8.43. The molecule has 0 spiro atoms. The number of ether oxygens (including phenoxy) is 2. The molecule has 1 heterocycles. The van der Waals surface area contributed by atoms with Gasteiger partial charge in [-0.05, 0) is 50.8 Å². The van der Waals surface area contributed by atoms with Crippen LogP contribution in [-0.2, 0) is 6.42 Å². The first-order chi connectivity index (χ1) is 14.9. The van der Waals surface area contributed by atoms with Crippen molar-refractivity contribution in [3.63, 3.8) is 0 Å². The van der Waals surface area contributed by atoms with Crippen molar-refractivity contribution in [2.24, 2.45) is 0 Å². The molecule has 0 unspecified atom stereocenters. The number of nitrogens with one attached hydrogen (secondary N) is 1. The van der Waals surface area contributed by atoms with E-state index in [1.807, 2.05) is 67.0 Å². The predicted octanol–water partition coefficient (Wildman–Crippen LogP) is 3.06. The molecule has 0 saturated carbocycles. The maximum atomic E-state index is 13.0. The Morgan fingerprint density at radius 1 is 1.13 bits per heavy atom. The number of likely N-dealkylation sites (N-methyl/N-ethyl adjacent to an activating group) is 1. The summed E-state index contributed by atoms with van der Waals surface area (Å²) >= 11 is 0. The number of hydrogen-bond donors (Lipinski definition) is 1. The second-order valence-corrected chi connectivity index (χ2v) is 8.02. The van der Waals surface area contributed by atoms with Crippen LogP contribution in [0.3, 0.4) is 0 Å². The molecule has 4 rings (SSSR count). The molecule has 0 fully saturated rings. The molecule has 31 heavy (non-hydrogen) atoms. The maximum absolute atomic E-state index is 13.0. The van der Waals surface area contributed by atoms with Gasteiger partial charge in [-0.3, -0.25) is 4.79 Å². The first-order valence-electron chi connectivity index (χ1n) is 10.3. The maximum Gasteiger partial charge on any atom is 0.272 e. The summed E-state index contributed by atoms with van der Waals surface area (Å²) < 4.78 is 12.9. The van der Waals surface area contributed by atoms with Gasteiger partial charge in [-0.2, -0.15) is 5.10 Å². The van der Waals surface area contributed by atoms with Crippen molar-refractivity contribution in [2.45, 2.75) is 13.3 Å². The number of hydrogen-bond acceptors (Lipinski definition) is 5. The third-order valence-corrected chi connectivity index (χ3v) is 5.55. The fourth-order valence-corrected chi connectivity index (χ4v) is 3.90. The van der Waals surface area contributed by atoms with Crippen molar-refractivity contribution in [3.8, 4) is 28.4 Å². The van der Waals surface area contributed by atoms with E-state index in [1.54, 1.807) is 14.2 Å². The van der Waals surface area contributed by atoms with E-state index in [1.165, 1.54) is 5.56 Å². The largest absolute Gasteiger partial charge is 0.493 e. The van der Waals surface area contributed by atoms with Crippen LogP contribution >= 0.6 is 0 Å². The molecule has 1 aliphatic rings. The second-order valence-electron chi connectivity index (χ2n) is 8.02. The molecule has 1 N–H and O–H groups in total. The Hall–Kier alpha value is -3.32. The van der Waals surface area contributed by atoms with Gasteiger partial charge in [-0.1, -0.05) is 17.7 Å². The van der Waals surface area contributed by atoms with Gasteiger partial charge in [0.15, 0.2) is 17.2 Å². The van der Waals surface area contributed by atoms with Crippen LogP contribution in [0.15, 0.2) is 36.4 Å². The summed E-state index contributed by atoms with van der Waals surface area (Å²) in [6, 6.07) is 12.1. The fourth-order valence-electron chi connectivity index (χ4n) is 3.90. The van der Waals surface area contributed by atoms with E-state index < -0.39 is 0 Å². The van der Waals surface area contributed by atoms with Crippen LogP contribution in [0.1, 0.15) is 27.2 Å². The molecule has 0 atom stereocenters. The molecular weight excluding hydrogens is 392 g/mol. The highest BCUT2D eigenvalue weighted by Gasteiger charge is 2.32. The molecule has 1 aliphatic carbocycles. The molecule has 2 aromatic carbocycles. The third kappa shape index (κ3) is 3.88. The summed E-state index contributed by atoms with van der Waals surface area (Å²) in [6.07, 6.45) is 0.618. The van der Waals surface area contributed by atoms with Gasteiger partial charge in [0.1, 0.15) is 0 Å². The highest BCUT2D eigenvalue weighted by Crippen LogP contribution is 2.44. The third-order valence-electron chi connectivity index (χ3n) is 5.55. The smallest absolute Gasteiger partial charge is 0.272 e. The number of aryl methyl sites for hydroxylation is 1. The van der Waals surface area contributed by atoms with Crippen molar-refractivity contribution in [1.29, 1.82) is 0 Å². The van der Waals surface area contributed by atoms with Gasteiger partial charge in [-0.25, -0.2) is 4.68 Å². The van der Waals surface area contributed by atoms with Crippen molar-refractivity contribution >= 4 is 5.91 Å². The van der Waals surface area contributed by atoms with Crippen LogP contribution in [-0.4, -0.2) is 62.0 Å². The Bertz CT molecular complexity index is 1120. The van der Waals surface area contributed by atoms with Gasteiger partial charge in [0.25, 0.3) is 5.91 Å². The van der Waals surface area contributed by atoms with Gasteiger partial charge >= 0.3 is 0 Å². The van der Waals surface area contributed by atoms with E-state index in [0.717, 1.165) is 34.6 Å². The van der Waals surface area contributed by atoms with Gasteiger partial charge in [0, 0.05) is 30.6 Å². The Morgan fingerprint density at radius 3 is 2.45 bits per heavy atom.